The van der Waals surface area contributed by atoms with E-state index in [0.29, 0.717) is 19.1 Å². The van der Waals surface area contributed by atoms with Gasteiger partial charge in [-0.2, -0.15) is 0 Å². The summed E-state index contributed by atoms with van der Waals surface area (Å²) in [5.41, 5.74) is -0.565. The van der Waals surface area contributed by atoms with E-state index < -0.39 is 5.41 Å². The molecule has 0 bridgehead atoms. The van der Waals surface area contributed by atoms with Crippen molar-refractivity contribution >= 4 is 11.8 Å². The first-order chi connectivity index (χ1) is 13.1. The minimum Gasteiger partial charge on any atom is -0.340 e. The van der Waals surface area contributed by atoms with Crippen LogP contribution >= 0.6 is 0 Å². The average Bonchev–Trinajstić information content (AvgIpc) is 3.12. The number of carbonyl (C=O) groups is 2. The number of aromatic nitrogens is 1. The maximum atomic E-state index is 13.4. The number of pyridine rings is 1. The molecule has 2 aliphatic heterocycles. The summed E-state index contributed by atoms with van der Waals surface area (Å²) in [6.45, 7) is 2.05. The molecular weight excluding hydrogens is 342 g/mol. The zero-order valence-corrected chi connectivity index (χ0v) is 15.9. The first-order valence-electron chi connectivity index (χ1n) is 10.3. The number of hydrogen-bond acceptors (Lipinski definition) is 3. The molecule has 2 saturated heterocycles. The van der Waals surface area contributed by atoms with Gasteiger partial charge in [-0.05, 0) is 38.2 Å². The minimum absolute atomic E-state index is 0.0519. The number of hydrogen-bond donors (Lipinski definition) is 0. The average molecular weight is 371 g/mol. The van der Waals surface area contributed by atoms with Crippen molar-refractivity contribution in [2.75, 3.05) is 19.6 Å². The normalized spacial score (nSPS) is 26.7. The van der Waals surface area contributed by atoms with Crippen molar-refractivity contribution in [1.29, 1.82) is 0 Å². The molecule has 0 N–H and O–H groups in total. The highest BCUT2D eigenvalue weighted by atomic mass is 16.2. The topological polar surface area (TPSA) is 62.6 Å². The van der Waals surface area contributed by atoms with E-state index in [0.717, 1.165) is 38.6 Å². The fourth-order valence-corrected chi connectivity index (χ4v) is 5.14. The summed E-state index contributed by atoms with van der Waals surface area (Å²) >= 11 is 0. The van der Waals surface area contributed by atoms with Crippen molar-refractivity contribution in [3.05, 3.63) is 34.7 Å². The first kappa shape index (κ1) is 18.3. The Bertz CT molecular complexity index is 768. The summed E-state index contributed by atoms with van der Waals surface area (Å²) in [6.07, 6.45) is 10.3. The van der Waals surface area contributed by atoms with Gasteiger partial charge in [0.15, 0.2) is 0 Å². The predicted octanol–water partition coefficient (Wildman–Crippen LogP) is 2.02. The van der Waals surface area contributed by atoms with Crippen molar-refractivity contribution in [2.45, 2.75) is 64.0 Å². The van der Waals surface area contributed by atoms with Crippen LogP contribution in [0.25, 0.3) is 0 Å². The standard InChI is InChI=1S/C21H29N3O3/c25-18-9-4-5-12-22(18)15-19(26)23-14-11-21(16-23)10-6-13-24(20(21)27)17-7-2-1-3-8-17/h4-5,9,12,17H,1-3,6-8,10-11,13-16H2/t21-/m0/s1. The Hall–Kier alpha value is -2.11. The van der Waals surface area contributed by atoms with E-state index in [2.05, 4.69) is 4.90 Å². The smallest absolute Gasteiger partial charge is 0.250 e. The molecule has 1 aromatic rings. The minimum atomic E-state index is -0.396. The van der Waals surface area contributed by atoms with E-state index in [4.69, 9.17) is 0 Å². The third-order valence-electron chi connectivity index (χ3n) is 6.70. The SMILES string of the molecule is O=C(Cn1ccccc1=O)N1CC[C@@]2(CCCN(C3CCCCC3)C2=O)C1. The van der Waals surface area contributed by atoms with Crippen molar-refractivity contribution in [3.8, 4) is 0 Å². The molecular formula is C21H29N3O3. The van der Waals surface area contributed by atoms with Crippen LogP contribution in [0.15, 0.2) is 29.2 Å². The van der Waals surface area contributed by atoms with E-state index in [1.807, 2.05) is 0 Å². The Morgan fingerprint density at radius 1 is 1.04 bits per heavy atom. The zero-order chi connectivity index (χ0) is 18.9. The van der Waals surface area contributed by atoms with Crippen LogP contribution in [0.4, 0.5) is 0 Å². The van der Waals surface area contributed by atoms with E-state index in [1.165, 1.54) is 29.9 Å². The summed E-state index contributed by atoms with van der Waals surface area (Å²) in [5, 5.41) is 0. The highest BCUT2D eigenvalue weighted by Gasteiger charge is 2.50. The van der Waals surface area contributed by atoms with Crippen molar-refractivity contribution in [3.63, 3.8) is 0 Å². The molecule has 1 spiro atoms. The molecule has 0 unspecified atom stereocenters. The van der Waals surface area contributed by atoms with Crippen molar-refractivity contribution in [2.24, 2.45) is 5.41 Å². The van der Waals surface area contributed by atoms with E-state index >= 15 is 0 Å². The van der Waals surface area contributed by atoms with Crippen LogP contribution in [0.3, 0.4) is 0 Å². The van der Waals surface area contributed by atoms with Crippen molar-refractivity contribution < 1.29 is 9.59 Å². The molecule has 1 aliphatic carbocycles. The number of piperidine rings is 1. The molecule has 2 amide bonds. The fraction of sp³-hybridized carbons (Fsp3) is 0.667. The highest BCUT2D eigenvalue weighted by molar-refractivity contribution is 5.86. The maximum absolute atomic E-state index is 13.4. The second-order valence-corrected chi connectivity index (χ2v) is 8.41. The van der Waals surface area contributed by atoms with Crippen LogP contribution in [0.5, 0.6) is 0 Å². The summed E-state index contributed by atoms with van der Waals surface area (Å²) in [7, 11) is 0. The van der Waals surface area contributed by atoms with Gasteiger partial charge in [0.05, 0.1) is 5.41 Å². The largest absolute Gasteiger partial charge is 0.340 e. The van der Waals surface area contributed by atoms with Crippen LogP contribution in [-0.2, 0) is 16.1 Å². The molecule has 146 valence electrons. The van der Waals surface area contributed by atoms with E-state index in [-0.39, 0.29) is 23.9 Å². The van der Waals surface area contributed by atoms with Crippen molar-refractivity contribution in [1.82, 2.24) is 14.4 Å². The summed E-state index contributed by atoms with van der Waals surface area (Å²) in [6, 6.07) is 5.30. The first-order valence-corrected chi connectivity index (χ1v) is 10.3. The number of nitrogens with zero attached hydrogens (tertiary/aromatic N) is 3. The Morgan fingerprint density at radius 3 is 2.63 bits per heavy atom. The number of rotatable bonds is 3. The highest BCUT2D eigenvalue weighted by Crippen LogP contribution is 2.42. The molecule has 1 aromatic heterocycles. The Kier molecular flexibility index (Phi) is 5.06. The third kappa shape index (κ3) is 3.54. The van der Waals surface area contributed by atoms with Crippen LogP contribution in [0.2, 0.25) is 0 Å². The Labute approximate surface area is 160 Å². The molecule has 0 aromatic carbocycles. The quantitative estimate of drug-likeness (QED) is 0.817. The molecule has 3 aliphatic rings. The molecule has 1 atom stereocenters. The molecule has 3 heterocycles. The lowest BCUT2D eigenvalue weighted by molar-refractivity contribution is -0.149. The van der Waals surface area contributed by atoms with Gasteiger partial charge in [0.2, 0.25) is 11.8 Å². The Morgan fingerprint density at radius 2 is 1.85 bits per heavy atom. The van der Waals surface area contributed by atoms with E-state index in [1.54, 1.807) is 23.2 Å². The monoisotopic (exact) mass is 371 g/mol. The summed E-state index contributed by atoms with van der Waals surface area (Å²) in [4.78, 5) is 41.9. The van der Waals surface area contributed by atoms with Gasteiger partial charge in [-0.25, -0.2) is 0 Å². The second kappa shape index (κ2) is 7.49. The summed E-state index contributed by atoms with van der Waals surface area (Å²) < 4.78 is 1.43. The second-order valence-electron chi connectivity index (χ2n) is 8.41. The maximum Gasteiger partial charge on any atom is 0.250 e. The third-order valence-corrected chi connectivity index (χ3v) is 6.70. The van der Waals surface area contributed by atoms with Gasteiger partial charge in [-0.1, -0.05) is 25.3 Å². The number of carbonyl (C=O) groups excluding carboxylic acids is 2. The van der Waals surface area contributed by atoms with Gasteiger partial charge in [0, 0.05) is 37.9 Å². The molecule has 1 saturated carbocycles. The van der Waals surface area contributed by atoms with Crippen LogP contribution in [-0.4, -0.2) is 51.9 Å². The zero-order valence-electron chi connectivity index (χ0n) is 15.9. The molecule has 3 fully saturated rings. The van der Waals surface area contributed by atoms with Gasteiger partial charge in [0.25, 0.3) is 5.56 Å². The van der Waals surface area contributed by atoms with Gasteiger partial charge >= 0.3 is 0 Å². The van der Waals surface area contributed by atoms with Gasteiger partial charge in [0.1, 0.15) is 6.54 Å². The van der Waals surface area contributed by atoms with Gasteiger partial charge < -0.3 is 14.4 Å². The summed E-state index contributed by atoms with van der Waals surface area (Å²) in [5.74, 6) is 0.204. The Balaban J connectivity index is 1.44. The molecule has 27 heavy (non-hydrogen) atoms. The molecule has 4 rings (SSSR count). The lowest BCUT2D eigenvalue weighted by Gasteiger charge is -2.44. The van der Waals surface area contributed by atoms with Gasteiger partial charge in [-0.15, -0.1) is 0 Å². The van der Waals surface area contributed by atoms with E-state index in [9.17, 15) is 14.4 Å². The number of likely N-dealkylation sites (tertiary alicyclic amines) is 2. The van der Waals surface area contributed by atoms with Crippen LogP contribution in [0, 0.1) is 5.41 Å². The molecule has 6 nitrogen and oxygen atoms in total. The predicted molar refractivity (Wildman–Crippen MR) is 102 cm³/mol. The molecule has 0 radical (unpaired) electrons. The molecule has 6 heteroatoms. The van der Waals surface area contributed by atoms with Crippen LogP contribution in [0.1, 0.15) is 51.4 Å². The lowest BCUT2D eigenvalue weighted by atomic mass is 9.77. The van der Waals surface area contributed by atoms with Crippen LogP contribution < -0.4 is 5.56 Å². The van der Waals surface area contributed by atoms with Gasteiger partial charge in [-0.3, -0.25) is 14.4 Å². The lowest BCUT2D eigenvalue weighted by Crippen LogP contribution is -2.54. The fourth-order valence-electron chi connectivity index (χ4n) is 5.14. The number of amides is 2.